The number of alkyl carbamates (subject to hydrolysis) is 1. The lowest BCUT2D eigenvalue weighted by molar-refractivity contribution is -0.187. The van der Waals surface area contributed by atoms with Crippen LogP contribution < -0.4 is 10.6 Å². The fourth-order valence-electron chi connectivity index (χ4n) is 5.03. The van der Waals surface area contributed by atoms with Gasteiger partial charge < -0.3 is 25.0 Å². The smallest absolute Gasteiger partial charge is 0.418 e. The molecule has 0 saturated carbocycles. The van der Waals surface area contributed by atoms with Crippen molar-refractivity contribution < 1.29 is 51.0 Å². The van der Waals surface area contributed by atoms with E-state index in [1.165, 1.54) is 24.3 Å². The molecule has 45 heavy (non-hydrogen) atoms. The minimum Gasteiger partial charge on any atom is -0.444 e. The Hall–Kier alpha value is -4.69. The molecule has 2 N–H and O–H groups in total. The summed E-state index contributed by atoms with van der Waals surface area (Å²) in [7, 11) is 0. The lowest BCUT2D eigenvalue weighted by atomic mass is 9.94. The molecular formula is C30H32F4N4O7. The van der Waals surface area contributed by atoms with E-state index in [1.54, 1.807) is 26.8 Å². The number of rotatable bonds is 8. The minimum atomic E-state index is -4.82. The number of fused-ring (bicyclic) bond motifs is 2. The second kappa shape index (κ2) is 12.4. The van der Waals surface area contributed by atoms with Crippen molar-refractivity contribution in [2.45, 2.75) is 70.5 Å². The van der Waals surface area contributed by atoms with Gasteiger partial charge in [-0.15, -0.1) is 0 Å². The Kier molecular flexibility index (Phi) is 9.12. The van der Waals surface area contributed by atoms with Crippen LogP contribution in [-0.4, -0.2) is 70.6 Å². The van der Waals surface area contributed by atoms with Crippen LogP contribution in [0.5, 0.6) is 0 Å². The van der Waals surface area contributed by atoms with Gasteiger partial charge >= 0.3 is 18.4 Å². The molecule has 0 unspecified atom stereocenters. The number of hydrogen-bond acceptors (Lipinski definition) is 7. The molecule has 2 aromatic carbocycles. The number of halogens is 4. The Morgan fingerprint density at radius 1 is 1.09 bits per heavy atom. The number of nitrogens with one attached hydrogen (secondary N) is 2. The van der Waals surface area contributed by atoms with Crippen molar-refractivity contribution >= 4 is 35.6 Å². The van der Waals surface area contributed by atoms with Crippen LogP contribution in [0.3, 0.4) is 0 Å². The number of carbonyl (C=O) groups is 5. The predicted octanol–water partition coefficient (Wildman–Crippen LogP) is 4.39. The third kappa shape index (κ3) is 7.52. The van der Waals surface area contributed by atoms with Crippen LogP contribution in [0.2, 0.25) is 0 Å². The molecule has 1 aliphatic carbocycles. The Morgan fingerprint density at radius 2 is 1.76 bits per heavy atom. The summed E-state index contributed by atoms with van der Waals surface area (Å²) in [5, 5.41) is 4.94. The van der Waals surface area contributed by atoms with Crippen LogP contribution in [0.1, 0.15) is 50.8 Å². The van der Waals surface area contributed by atoms with Crippen molar-refractivity contribution in [3.63, 3.8) is 0 Å². The molecule has 0 radical (unpaired) electrons. The summed E-state index contributed by atoms with van der Waals surface area (Å²) in [4.78, 5) is 64.7. The van der Waals surface area contributed by atoms with Gasteiger partial charge in [0.15, 0.2) is 0 Å². The highest BCUT2D eigenvalue weighted by Crippen LogP contribution is 2.46. The van der Waals surface area contributed by atoms with E-state index in [9.17, 15) is 41.5 Å². The van der Waals surface area contributed by atoms with Crippen molar-refractivity contribution in [1.29, 1.82) is 0 Å². The third-order valence-corrected chi connectivity index (χ3v) is 7.26. The average molecular weight is 637 g/mol. The van der Waals surface area contributed by atoms with E-state index in [0.717, 1.165) is 19.1 Å². The van der Waals surface area contributed by atoms with Crippen LogP contribution in [0.4, 0.5) is 32.8 Å². The number of carbonyl (C=O) groups excluding carboxylic acids is 5. The first-order valence-electron chi connectivity index (χ1n) is 14.0. The monoisotopic (exact) mass is 636 g/mol. The molecule has 5 amide bonds. The van der Waals surface area contributed by atoms with Gasteiger partial charge in [0.2, 0.25) is 17.4 Å². The number of hydrogen-bond donors (Lipinski definition) is 2. The second-order valence-corrected chi connectivity index (χ2v) is 11.7. The van der Waals surface area contributed by atoms with Crippen LogP contribution in [-0.2, 0) is 42.4 Å². The van der Waals surface area contributed by atoms with E-state index >= 15 is 0 Å². The first-order chi connectivity index (χ1) is 20.9. The number of benzene rings is 2. The molecule has 242 valence electrons. The lowest BCUT2D eigenvalue weighted by Gasteiger charge is -2.31. The maximum atomic E-state index is 13.7. The van der Waals surface area contributed by atoms with Crippen LogP contribution in [0.25, 0.3) is 0 Å². The molecular weight excluding hydrogens is 604 g/mol. The summed E-state index contributed by atoms with van der Waals surface area (Å²) in [5.74, 6) is -3.24. The van der Waals surface area contributed by atoms with Crippen LogP contribution in [0, 0.1) is 5.82 Å². The van der Waals surface area contributed by atoms with Gasteiger partial charge in [0.05, 0.1) is 0 Å². The summed E-state index contributed by atoms with van der Waals surface area (Å²) < 4.78 is 64.9. The van der Waals surface area contributed by atoms with Crippen LogP contribution >= 0.6 is 0 Å². The van der Waals surface area contributed by atoms with Crippen molar-refractivity contribution in [3.8, 4) is 0 Å². The minimum absolute atomic E-state index is 0.00738. The quantitative estimate of drug-likeness (QED) is 0.411. The lowest BCUT2D eigenvalue weighted by Crippen LogP contribution is -2.51. The zero-order valence-corrected chi connectivity index (χ0v) is 24.9. The molecule has 11 nitrogen and oxygen atoms in total. The number of aryl methyl sites for hydroxylation is 1. The van der Waals surface area contributed by atoms with Crippen molar-refractivity contribution in [2.75, 3.05) is 18.4 Å². The number of imide groups is 1. The number of anilines is 1. The Bertz CT molecular complexity index is 1510. The predicted molar refractivity (Wildman–Crippen MR) is 150 cm³/mol. The van der Waals surface area contributed by atoms with Crippen molar-refractivity contribution in [2.24, 2.45) is 0 Å². The summed E-state index contributed by atoms with van der Waals surface area (Å²) >= 11 is 0. The van der Waals surface area contributed by atoms with E-state index in [0.29, 0.717) is 26.6 Å². The summed E-state index contributed by atoms with van der Waals surface area (Å²) in [6, 6.07) is 6.76. The summed E-state index contributed by atoms with van der Waals surface area (Å²) in [6.07, 6.45) is -6.53. The van der Waals surface area contributed by atoms with E-state index < -0.39 is 72.2 Å². The second-order valence-electron chi connectivity index (χ2n) is 11.7. The summed E-state index contributed by atoms with van der Waals surface area (Å²) in [5.41, 5.74) is -1.11. The van der Waals surface area contributed by atoms with E-state index in [-0.39, 0.29) is 24.9 Å². The van der Waals surface area contributed by atoms with Gasteiger partial charge in [0.1, 0.15) is 30.5 Å². The molecule has 0 bridgehead atoms. The molecule has 1 aliphatic heterocycles. The summed E-state index contributed by atoms with van der Waals surface area (Å²) in [6.45, 7) is 3.86. The number of nitrogens with zero attached hydrogens (tertiary/aromatic N) is 2. The fraction of sp³-hybridized carbons (Fsp3) is 0.433. The third-order valence-electron chi connectivity index (χ3n) is 7.26. The highest BCUT2D eigenvalue weighted by molar-refractivity contribution is 6.06. The molecule has 1 saturated heterocycles. The number of ether oxygens (including phenoxy) is 2. The van der Waals surface area contributed by atoms with Gasteiger partial charge in [-0.05, 0) is 69.5 Å². The largest absolute Gasteiger partial charge is 0.444 e. The normalized spacial score (nSPS) is 18.4. The SMILES string of the molecule is C[C@H](N(Cc1ccc(F)cc1)C(=O)CN1C(=O)O[C@@]2(CCc3cc(NC(=O)CNC(=O)OC(C)(C)C)ccc32)C1=O)C(F)(F)F. The molecule has 15 heteroatoms. The fourth-order valence-corrected chi connectivity index (χ4v) is 5.03. The maximum Gasteiger partial charge on any atom is 0.418 e. The number of alkyl halides is 3. The zero-order valence-electron chi connectivity index (χ0n) is 24.9. The average Bonchev–Trinajstić information content (AvgIpc) is 3.41. The first-order valence-corrected chi connectivity index (χ1v) is 14.0. The Balaban J connectivity index is 1.46. The number of amides is 5. The molecule has 1 heterocycles. The Morgan fingerprint density at radius 3 is 2.38 bits per heavy atom. The van der Waals surface area contributed by atoms with Crippen molar-refractivity contribution in [1.82, 2.24) is 15.1 Å². The van der Waals surface area contributed by atoms with Gasteiger partial charge in [-0.2, -0.15) is 13.2 Å². The standard InChI is InChI=1S/C30H32F4N4O7/c1-17(30(32,33)34)37(15-18-5-7-20(31)8-6-18)24(40)16-38-25(41)29(45-27(38)43)12-11-19-13-21(9-10-22(19)29)36-23(39)14-35-26(42)44-28(2,3)4/h5-10,13,17H,11-12,14-16H2,1-4H3,(H,35,42)(H,36,39)/t17-,29+/m0/s1. The van der Waals surface area contributed by atoms with Gasteiger partial charge in [0.25, 0.3) is 5.91 Å². The molecule has 2 atom stereocenters. The van der Waals surface area contributed by atoms with Gasteiger partial charge in [-0.25, -0.2) is 18.9 Å². The topological polar surface area (TPSA) is 134 Å². The molecule has 4 rings (SSSR count). The molecule has 2 aliphatic rings. The molecule has 1 spiro atoms. The van der Waals surface area contributed by atoms with E-state index in [4.69, 9.17) is 9.47 Å². The van der Waals surface area contributed by atoms with Gasteiger partial charge in [-0.3, -0.25) is 14.4 Å². The van der Waals surface area contributed by atoms with E-state index in [1.807, 2.05) is 0 Å². The van der Waals surface area contributed by atoms with Gasteiger partial charge in [0, 0.05) is 24.2 Å². The highest BCUT2D eigenvalue weighted by atomic mass is 19.4. The maximum absolute atomic E-state index is 13.7. The van der Waals surface area contributed by atoms with Crippen LogP contribution in [0.15, 0.2) is 42.5 Å². The molecule has 2 aromatic rings. The van der Waals surface area contributed by atoms with Crippen molar-refractivity contribution in [3.05, 3.63) is 65.0 Å². The Labute approximate surface area is 255 Å². The molecule has 0 aromatic heterocycles. The highest BCUT2D eigenvalue weighted by Gasteiger charge is 2.58. The molecule has 1 fully saturated rings. The first kappa shape index (κ1) is 33.2. The van der Waals surface area contributed by atoms with Gasteiger partial charge in [-0.1, -0.05) is 18.2 Å². The zero-order chi connectivity index (χ0) is 33.3. The van der Waals surface area contributed by atoms with E-state index in [2.05, 4.69) is 10.6 Å².